The first-order chi connectivity index (χ1) is 9.78. The molecule has 0 aromatic heterocycles. The fraction of sp³-hybridized carbons (Fsp3) is 0.800. The molecule has 6 heteroatoms. The van der Waals surface area contributed by atoms with Crippen molar-refractivity contribution in [1.82, 2.24) is 4.90 Å². The van der Waals surface area contributed by atoms with E-state index in [1.54, 1.807) is 13.8 Å². The van der Waals surface area contributed by atoms with Crippen LogP contribution in [0.5, 0.6) is 0 Å². The van der Waals surface area contributed by atoms with Crippen LogP contribution in [0.4, 0.5) is 0 Å². The van der Waals surface area contributed by atoms with Crippen molar-refractivity contribution in [2.45, 2.75) is 51.0 Å². The van der Waals surface area contributed by atoms with Gasteiger partial charge in [0, 0.05) is 13.1 Å². The van der Waals surface area contributed by atoms with Crippen molar-refractivity contribution in [3.63, 3.8) is 0 Å². The minimum atomic E-state index is -1.91. The third-order valence-corrected chi connectivity index (χ3v) is 4.65. The van der Waals surface area contributed by atoms with Crippen LogP contribution in [0.1, 0.15) is 27.2 Å². The Hall–Kier alpha value is -0.950. The first-order valence-corrected chi connectivity index (χ1v) is 7.47. The third-order valence-electron chi connectivity index (χ3n) is 4.65. The second kappa shape index (κ2) is 6.04. The van der Waals surface area contributed by atoms with E-state index in [9.17, 15) is 20.1 Å². The first kappa shape index (κ1) is 16.4. The molecule has 2 aliphatic heterocycles. The van der Waals surface area contributed by atoms with E-state index < -0.39 is 29.7 Å². The summed E-state index contributed by atoms with van der Waals surface area (Å²) in [5, 5.41) is 30.0. The summed E-state index contributed by atoms with van der Waals surface area (Å²) in [6.07, 6.45) is 1.03. The number of nitrogens with zero attached hydrogens (tertiary/aromatic N) is 1. The number of esters is 1. The molecule has 0 bridgehead atoms. The largest absolute Gasteiger partial charge is 0.459 e. The van der Waals surface area contributed by atoms with E-state index in [0.29, 0.717) is 0 Å². The van der Waals surface area contributed by atoms with Gasteiger partial charge in [0.2, 0.25) is 0 Å². The zero-order valence-electron chi connectivity index (χ0n) is 12.8. The Bertz CT molecular complexity index is 424. The van der Waals surface area contributed by atoms with Crippen LogP contribution in [-0.4, -0.2) is 69.7 Å². The molecular formula is C15H25NO5. The standard InChI is InChI=1S/C15H25NO5/c1-9(2)15(20,10(3)17)14(19)21-8-11-4-6-16-7-5-12(18)13(11)16/h4,9-10,12-13,17-18,20H,5-8H2,1-3H3/t10-,12+,13?,15+/m0/s1. The number of fused-ring (bicyclic) bond motifs is 1. The second-order valence-corrected chi connectivity index (χ2v) is 6.31. The zero-order chi connectivity index (χ0) is 15.8. The normalized spacial score (nSPS) is 30.0. The van der Waals surface area contributed by atoms with Gasteiger partial charge in [0.05, 0.1) is 18.2 Å². The van der Waals surface area contributed by atoms with E-state index in [2.05, 4.69) is 4.90 Å². The summed E-state index contributed by atoms with van der Waals surface area (Å²) in [4.78, 5) is 14.3. The summed E-state index contributed by atoms with van der Waals surface area (Å²) in [5.41, 5.74) is -1.04. The number of rotatable bonds is 5. The number of aliphatic hydroxyl groups is 3. The van der Waals surface area contributed by atoms with Crippen LogP contribution in [0.2, 0.25) is 0 Å². The molecule has 4 atom stereocenters. The van der Waals surface area contributed by atoms with E-state index >= 15 is 0 Å². The molecule has 3 N–H and O–H groups in total. The van der Waals surface area contributed by atoms with Crippen molar-refractivity contribution >= 4 is 5.97 Å². The van der Waals surface area contributed by atoms with Crippen LogP contribution in [0, 0.1) is 5.92 Å². The van der Waals surface area contributed by atoms with Crippen LogP contribution in [-0.2, 0) is 9.53 Å². The van der Waals surface area contributed by atoms with Crippen molar-refractivity contribution in [3.05, 3.63) is 11.6 Å². The van der Waals surface area contributed by atoms with Crippen molar-refractivity contribution in [1.29, 1.82) is 0 Å². The average molecular weight is 299 g/mol. The molecule has 2 aliphatic rings. The lowest BCUT2D eigenvalue weighted by Crippen LogP contribution is -2.53. The predicted molar refractivity (Wildman–Crippen MR) is 76.5 cm³/mol. The van der Waals surface area contributed by atoms with Crippen molar-refractivity contribution in [3.8, 4) is 0 Å². The first-order valence-electron chi connectivity index (χ1n) is 7.47. The van der Waals surface area contributed by atoms with Gasteiger partial charge in [-0.2, -0.15) is 0 Å². The Morgan fingerprint density at radius 3 is 2.76 bits per heavy atom. The highest BCUT2D eigenvalue weighted by Crippen LogP contribution is 2.30. The van der Waals surface area contributed by atoms with Gasteiger partial charge in [-0.15, -0.1) is 0 Å². The second-order valence-electron chi connectivity index (χ2n) is 6.31. The quantitative estimate of drug-likeness (QED) is 0.476. The number of aliphatic hydroxyl groups excluding tert-OH is 2. The minimum absolute atomic E-state index is 0.0405. The Balaban J connectivity index is 1.98. The summed E-state index contributed by atoms with van der Waals surface area (Å²) in [6, 6.07) is -0.0866. The van der Waals surface area contributed by atoms with Gasteiger partial charge in [-0.1, -0.05) is 19.9 Å². The fourth-order valence-corrected chi connectivity index (χ4v) is 3.18. The highest BCUT2D eigenvalue weighted by atomic mass is 16.6. The Morgan fingerprint density at radius 2 is 2.19 bits per heavy atom. The van der Waals surface area contributed by atoms with E-state index in [1.165, 1.54) is 6.92 Å². The zero-order valence-corrected chi connectivity index (χ0v) is 12.8. The molecule has 6 nitrogen and oxygen atoms in total. The van der Waals surface area contributed by atoms with Gasteiger partial charge >= 0.3 is 5.97 Å². The molecule has 0 spiro atoms. The van der Waals surface area contributed by atoms with E-state index in [4.69, 9.17) is 4.74 Å². The smallest absolute Gasteiger partial charge is 0.341 e. The Morgan fingerprint density at radius 1 is 1.52 bits per heavy atom. The highest BCUT2D eigenvalue weighted by Gasteiger charge is 2.46. The Kier molecular flexibility index (Phi) is 4.72. The van der Waals surface area contributed by atoms with Crippen LogP contribution in [0.15, 0.2) is 11.6 Å². The lowest BCUT2D eigenvalue weighted by molar-refractivity contribution is -0.183. The molecule has 2 heterocycles. The monoisotopic (exact) mass is 299 g/mol. The maximum atomic E-state index is 12.1. The van der Waals surface area contributed by atoms with Crippen LogP contribution >= 0.6 is 0 Å². The number of ether oxygens (including phenoxy) is 1. The maximum Gasteiger partial charge on any atom is 0.341 e. The van der Waals surface area contributed by atoms with E-state index in [0.717, 1.165) is 25.1 Å². The summed E-state index contributed by atoms with van der Waals surface area (Å²) in [6.45, 7) is 6.32. The number of hydrogen-bond donors (Lipinski definition) is 3. The topological polar surface area (TPSA) is 90.2 Å². The molecule has 0 radical (unpaired) electrons. The lowest BCUT2D eigenvalue weighted by Gasteiger charge is -2.32. The molecule has 1 unspecified atom stereocenters. The molecular weight excluding hydrogens is 274 g/mol. The van der Waals surface area contributed by atoms with Gasteiger partial charge < -0.3 is 20.1 Å². The average Bonchev–Trinajstić information content (AvgIpc) is 2.98. The molecule has 1 fully saturated rings. The molecule has 1 saturated heterocycles. The van der Waals surface area contributed by atoms with Crippen LogP contribution in [0.25, 0.3) is 0 Å². The summed E-state index contributed by atoms with van der Waals surface area (Å²) >= 11 is 0. The Labute approximate surface area is 125 Å². The van der Waals surface area contributed by atoms with Gasteiger partial charge in [-0.05, 0) is 24.8 Å². The van der Waals surface area contributed by atoms with Crippen molar-refractivity contribution in [2.75, 3.05) is 19.7 Å². The summed E-state index contributed by atoms with van der Waals surface area (Å²) in [7, 11) is 0. The minimum Gasteiger partial charge on any atom is -0.459 e. The van der Waals surface area contributed by atoms with Crippen LogP contribution in [0.3, 0.4) is 0 Å². The van der Waals surface area contributed by atoms with Gasteiger partial charge in [0.1, 0.15) is 6.61 Å². The summed E-state index contributed by atoms with van der Waals surface area (Å²) in [5.74, 6) is -1.28. The molecule has 2 rings (SSSR count). The molecule has 0 aliphatic carbocycles. The molecule has 0 aromatic rings. The van der Waals surface area contributed by atoms with Gasteiger partial charge in [-0.3, -0.25) is 4.90 Å². The number of carbonyl (C=O) groups is 1. The van der Waals surface area contributed by atoms with E-state index in [-0.39, 0.29) is 12.6 Å². The molecule has 21 heavy (non-hydrogen) atoms. The molecule has 0 amide bonds. The molecule has 0 aromatic carbocycles. The number of carbonyl (C=O) groups excluding carboxylic acids is 1. The molecule has 120 valence electrons. The third kappa shape index (κ3) is 2.85. The highest BCUT2D eigenvalue weighted by molar-refractivity contribution is 5.80. The van der Waals surface area contributed by atoms with Gasteiger partial charge in [0.15, 0.2) is 5.60 Å². The van der Waals surface area contributed by atoms with Crippen molar-refractivity contribution < 1.29 is 24.9 Å². The lowest BCUT2D eigenvalue weighted by atomic mass is 9.85. The molecule has 0 saturated carbocycles. The number of hydrogen-bond acceptors (Lipinski definition) is 6. The predicted octanol–water partition coefficient (Wildman–Crippen LogP) is -0.327. The fourth-order valence-electron chi connectivity index (χ4n) is 3.18. The van der Waals surface area contributed by atoms with Crippen molar-refractivity contribution in [2.24, 2.45) is 5.92 Å². The van der Waals surface area contributed by atoms with Crippen LogP contribution < -0.4 is 0 Å². The van der Waals surface area contributed by atoms with Gasteiger partial charge in [0.25, 0.3) is 0 Å². The van der Waals surface area contributed by atoms with E-state index in [1.807, 2.05) is 6.08 Å². The maximum absolute atomic E-state index is 12.1. The van der Waals surface area contributed by atoms with Gasteiger partial charge in [-0.25, -0.2) is 4.79 Å². The SMILES string of the molecule is CC(C)[C@](O)(C(=O)OCC1=CCN2CC[C@@H](O)C12)[C@H](C)O. The summed E-state index contributed by atoms with van der Waals surface area (Å²) < 4.78 is 5.22.